The Balaban J connectivity index is 1.54. The zero-order valence-electron chi connectivity index (χ0n) is 14.7. The molecule has 0 aliphatic carbocycles. The number of anilines is 2. The minimum Gasteiger partial charge on any atom is -0.378 e. The molecule has 1 aliphatic heterocycles. The summed E-state index contributed by atoms with van der Waals surface area (Å²) in [4.78, 5) is 19.9. The molecule has 0 bridgehead atoms. The lowest BCUT2D eigenvalue weighted by Crippen LogP contribution is -2.33. The predicted molar refractivity (Wildman–Crippen MR) is 119 cm³/mol. The van der Waals surface area contributed by atoms with E-state index in [9.17, 15) is 4.79 Å². The lowest BCUT2D eigenvalue weighted by atomic mass is 10.2. The van der Waals surface area contributed by atoms with E-state index in [1.165, 1.54) is 28.1 Å². The fraction of sp³-hybridized carbons (Fsp3) is 0.105. The van der Waals surface area contributed by atoms with Crippen LogP contribution in [0.5, 0.6) is 0 Å². The maximum absolute atomic E-state index is 12.8. The van der Waals surface area contributed by atoms with Crippen LogP contribution >= 0.6 is 35.3 Å². The van der Waals surface area contributed by atoms with Crippen LogP contribution in [-0.4, -0.2) is 34.3 Å². The van der Waals surface area contributed by atoms with Crippen molar-refractivity contribution in [3.05, 3.63) is 59.0 Å². The van der Waals surface area contributed by atoms with Crippen LogP contribution in [0.4, 0.5) is 10.8 Å². The number of thiocarbonyl (C=S) groups is 1. The van der Waals surface area contributed by atoms with Gasteiger partial charge in [-0.05, 0) is 48.1 Å². The molecule has 0 saturated carbocycles. The number of aromatic nitrogens is 1. The molecular weight excluding hydrogens is 396 g/mol. The number of hydrazine groups is 1. The number of benzene rings is 2. The normalized spacial score (nSPS) is 15.8. The number of thiazole rings is 1. The van der Waals surface area contributed by atoms with E-state index < -0.39 is 0 Å². The topological polar surface area (TPSA) is 48.5 Å². The largest absolute Gasteiger partial charge is 0.378 e. The number of hydrogen-bond donors (Lipinski definition) is 1. The Morgan fingerprint density at radius 3 is 2.59 bits per heavy atom. The highest BCUT2D eigenvalue weighted by atomic mass is 32.2. The number of hydrogen-bond acceptors (Lipinski definition) is 7. The minimum absolute atomic E-state index is 0.166. The van der Waals surface area contributed by atoms with Gasteiger partial charge >= 0.3 is 0 Å². The van der Waals surface area contributed by atoms with E-state index in [-0.39, 0.29) is 5.91 Å². The summed E-state index contributed by atoms with van der Waals surface area (Å²) in [5, 5.41) is 2.03. The van der Waals surface area contributed by atoms with Gasteiger partial charge < -0.3 is 4.90 Å². The maximum atomic E-state index is 12.8. The third kappa shape index (κ3) is 3.69. The smallest absolute Gasteiger partial charge is 0.285 e. The number of carbonyl (C=O) groups is 1. The molecule has 27 heavy (non-hydrogen) atoms. The summed E-state index contributed by atoms with van der Waals surface area (Å²) < 4.78 is 1.53. The lowest BCUT2D eigenvalue weighted by Gasteiger charge is -2.14. The Kier molecular flexibility index (Phi) is 4.86. The number of fused-ring (bicyclic) bond motifs is 1. The molecule has 2 heterocycles. The van der Waals surface area contributed by atoms with Crippen LogP contribution in [0.3, 0.4) is 0 Å². The molecular formula is C19H16N4OS3. The third-order valence-corrected chi connectivity index (χ3v) is 6.25. The number of rotatable bonds is 4. The van der Waals surface area contributed by atoms with Crippen LogP contribution in [0.1, 0.15) is 5.56 Å². The molecule has 0 atom stereocenters. The van der Waals surface area contributed by atoms with Gasteiger partial charge in [0, 0.05) is 19.8 Å². The van der Waals surface area contributed by atoms with Gasteiger partial charge in [-0.2, -0.15) is 5.01 Å². The van der Waals surface area contributed by atoms with Gasteiger partial charge in [-0.15, -0.1) is 0 Å². The second-order valence-corrected chi connectivity index (χ2v) is 8.81. The molecule has 1 fully saturated rings. The van der Waals surface area contributed by atoms with Crippen molar-refractivity contribution in [3.63, 3.8) is 0 Å². The van der Waals surface area contributed by atoms with Crippen molar-refractivity contribution in [1.29, 1.82) is 0 Å². The summed E-state index contributed by atoms with van der Waals surface area (Å²) >= 11 is 8.16. The molecule has 0 unspecified atom stereocenters. The van der Waals surface area contributed by atoms with Crippen molar-refractivity contribution < 1.29 is 4.79 Å². The van der Waals surface area contributed by atoms with Crippen molar-refractivity contribution >= 4 is 72.7 Å². The van der Waals surface area contributed by atoms with E-state index in [1.54, 1.807) is 0 Å². The third-order valence-electron chi connectivity index (χ3n) is 4.00. The Morgan fingerprint density at radius 1 is 1.15 bits per heavy atom. The van der Waals surface area contributed by atoms with Crippen LogP contribution in [0.25, 0.3) is 16.3 Å². The molecule has 1 aromatic heterocycles. The second kappa shape index (κ2) is 7.30. The van der Waals surface area contributed by atoms with Gasteiger partial charge in [-0.3, -0.25) is 10.2 Å². The second-order valence-electron chi connectivity index (χ2n) is 6.10. The summed E-state index contributed by atoms with van der Waals surface area (Å²) in [6.45, 7) is 0. The molecule has 8 heteroatoms. The molecule has 4 rings (SSSR count). The van der Waals surface area contributed by atoms with Crippen molar-refractivity contribution in [2.24, 2.45) is 0 Å². The summed E-state index contributed by atoms with van der Waals surface area (Å²) in [5.74, 6) is -0.166. The summed E-state index contributed by atoms with van der Waals surface area (Å²) in [7, 11) is 3.99. The Morgan fingerprint density at radius 2 is 1.89 bits per heavy atom. The fourth-order valence-electron chi connectivity index (χ4n) is 2.60. The first-order valence-corrected chi connectivity index (χ1v) is 10.2. The van der Waals surface area contributed by atoms with Gasteiger partial charge in [0.1, 0.15) is 0 Å². The molecule has 1 N–H and O–H groups in total. The molecule has 3 aromatic rings. The van der Waals surface area contributed by atoms with Crippen LogP contribution in [0, 0.1) is 0 Å². The number of thioether (sulfide) groups is 1. The molecule has 0 radical (unpaired) electrons. The molecule has 0 spiro atoms. The van der Waals surface area contributed by atoms with Gasteiger partial charge in [-0.25, -0.2) is 4.98 Å². The molecule has 5 nitrogen and oxygen atoms in total. The van der Waals surface area contributed by atoms with Gasteiger partial charge in [-0.1, -0.05) is 47.4 Å². The summed E-state index contributed by atoms with van der Waals surface area (Å²) in [6.07, 6.45) is 1.86. The van der Waals surface area contributed by atoms with E-state index >= 15 is 0 Å². The standard InChI is InChI=1S/C19H16N4OS3/c1-22(2)13-9-7-12(8-10-13)11-16-17(24)23(19(25)27-16)21-18-20-14-5-3-4-6-15(14)26-18/h3-11H,1-2H3,(H,20,21). The molecule has 2 aromatic carbocycles. The SMILES string of the molecule is CN(C)c1ccc(C=C2SC(=S)N(Nc3nc4ccccc4s3)C2=O)cc1. The van der Waals surface area contributed by atoms with E-state index in [0.29, 0.717) is 14.4 Å². The quantitative estimate of drug-likeness (QED) is 0.500. The zero-order valence-corrected chi connectivity index (χ0v) is 17.1. The Hall–Kier alpha value is -2.42. The van der Waals surface area contributed by atoms with E-state index in [0.717, 1.165) is 21.5 Å². The summed E-state index contributed by atoms with van der Waals surface area (Å²) in [5.41, 5.74) is 6.01. The van der Waals surface area contributed by atoms with Crippen LogP contribution in [0.15, 0.2) is 53.4 Å². The van der Waals surface area contributed by atoms with Crippen LogP contribution < -0.4 is 10.3 Å². The minimum atomic E-state index is -0.166. The Labute approximate surface area is 170 Å². The number of carbonyl (C=O) groups excluding carboxylic acids is 1. The average molecular weight is 413 g/mol. The highest BCUT2D eigenvalue weighted by Crippen LogP contribution is 2.34. The molecule has 1 saturated heterocycles. The molecule has 1 aliphatic rings. The van der Waals surface area contributed by atoms with Crippen molar-refractivity contribution in [2.45, 2.75) is 0 Å². The zero-order chi connectivity index (χ0) is 19.0. The number of amides is 1. The number of nitrogens with zero attached hydrogens (tertiary/aromatic N) is 3. The van der Waals surface area contributed by atoms with Gasteiger partial charge in [0.05, 0.1) is 15.1 Å². The highest BCUT2D eigenvalue weighted by molar-refractivity contribution is 8.26. The van der Waals surface area contributed by atoms with Gasteiger partial charge in [0.25, 0.3) is 5.91 Å². The molecule has 136 valence electrons. The maximum Gasteiger partial charge on any atom is 0.285 e. The van der Waals surface area contributed by atoms with Gasteiger partial charge in [0.15, 0.2) is 4.32 Å². The molecule has 1 amide bonds. The fourth-order valence-corrected chi connectivity index (χ4v) is 4.63. The van der Waals surface area contributed by atoms with E-state index in [1.807, 2.05) is 73.6 Å². The average Bonchev–Trinajstić information content (AvgIpc) is 3.18. The summed E-state index contributed by atoms with van der Waals surface area (Å²) in [6, 6.07) is 15.9. The Bertz CT molecular complexity index is 1020. The number of para-hydroxylation sites is 1. The first-order valence-electron chi connectivity index (χ1n) is 8.19. The van der Waals surface area contributed by atoms with Crippen LogP contribution in [-0.2, 0) is 4.79 Å². The highest BCUT2D eigenvalue weighted by Gasteiger charge is 2.33. The first-order chi connectivity index (χ1) is 13.0. The van der Waals surface area contributed by atoms with Crippen molar-refractivity contribution in [3.8, 4) is 0 Å². The predicted octanol–water partition coefficient (Wildman–Crippen LogP) is 4.59. The van der Waals surface area contributed by atoms with Gasteiger partial charge in [0.2, 0.25) is 5.13 Å². The van der Waals surface area contributed by atoms with Crippen molar-refractivity contribution in [1.82, 2.24) is 9.99 Å². The van der Waals surface area contributed by atoms with E-state index in [4.69, 9.17) is 12.2 Å². The first kappa shape index (κ1) is 18.0. The number of nitrogens with one attached hydrogen (secondary N) is 1. The van der Waals surface area contributed by atoms with Crippen molar-refractivity contribution in [2.75, 3.05) is 24.4 Å². The van der Waals surface area contributed by atoms with Crippen LogP contribution in [0.2, 0.25) is 0 Å². The lowest BCUT2D eigenvalue weighted by molar-refractivity contribution is -0.121. The monoisotopic (exact) mass is 412 g/mol. The van der Waals surface area contributed by atoms with E-state index in [2.05, 4.69) is 10.4 Å².